The lowest BCUT2D eigenvalue weighted by molar-refractivity contribution is -0.140. The van der Waals surface area contributed by atoms with Crippen LogP contribution in [0.25, 0.3) is 0 Å². The Hall–Kier alpha value is -1.64. The molecule has 0 aliphatic heterocycles. The van der Waals surface area contributed by atoms with Crippen LogP contribution in [0.15, 0.2) is 36.0 Å². The smallest absolute Gasteiger partial charge is 0.305 e. The molecule has 0 N–H and O–H groups in total. The number of rotatable bonds is 12. The first kappa shape index (κ1) is 20.4. The lowest BCUT2D eigenvalue weighted by Gasteiger charge is -2.05. The molecule has 1 atom stereocenters. The summed E-state index contributed by atoms with van der Waals surface area (Å²) < 4.78 is 4.62. The number of ether oxygens (including phenoxy) is 1. The summed E-state index contributed by atoms with van der Waals surface area (Å²) in [4.78, 5) is 23.0. The standard InChI is InChI=1S/C21H32O3/c1-3-4-5-6-7-10-13-18-16-17-20(22)19(18)14-11-8-9-12-15-21(23)24-2/h10,13-14,16-18H,3-9,11-12,15H2,1-2H3/t18-/m1/s1. The van der Waals surface area contributed by atoms with Crippen LogP contribution in [0.1, 0.15) is 71.1 Å². The number of methoxy groups -OCH3 is 1. The van der Waals surface area contributed by atoms with Gasteiger partial charge in [-0.3, -0.25) is 9.59 Å². The number of esters is 1. The normalized spacial score (nSPS) is 18.8. The minimum Gasteiger partial charge on any atom is -0.469 e. The van der Waals surface area contributed by atoms with Gasteiger partial charge in [0, 0.05) is 17.9 Å². The van der Waals surface area contributed by atoms with Crippen LogP contribution in [-0.4, -0.2) is 18.9 Å². The Labute approximate surface area is 146 Å². The van der Waals surface area contributed by atoms with Crippen LogP contribution in [0.3, 0.4) is 0 Å². The van der Waals surface area contributed by atoms with Gasteiger partial charge in [0.2, 0.25) is 0 Å². The molecular weight excluding hydrogens is 300 g/mol. The van der Waals surface area contributed by atoms with Crippen molar-refractivity contribution in [3.05, 3.63) is 36.0 Å². The second kappa shape index (κ2) is 12.7. The molecule has 0 unspecified atom stereocenters. The predicted octanol–water partition coefficient (Wildman–Crippen LogP) is 5.32. The van der Waals surface area contributed by atoms with Crippen molar-refractivity contribution < 1.29 is 14.3 Å². The molecular formula is C21H32O3. The third kappa shape index (κ3) is 8.28. The first-order valence-corrected chi connectivity index (χ1v) is 9.35. The number of unbranched alkanes of at least 4 members (excludes halogenated alkanes) is 7. The van der Waals surface area contributed by atoms with Crippen molar-refractivity contribution in [3.63, 3.8) is 0 Å². The number of hydrogen-bond acceptors (Lipinski definition) is 3. The Bertz CT molecular complexity index is 471. The number of allylic oxidation sites excluding steroid dienone is 6. The van der Waals surface area contributed by atoms with E-state index in [9.17, 15) is 9.59 Å². The van der Waals surface area contributed by atoms with Gasteiger partial charge in [0.25, 0.3) is 0 Å². The fourth-order valence-corrected chi connectivity index (χ4v) is 2.84. The predicted molar refractivity (Wildman–Crippen MR) is 98.7 cm³/mol. The van der Waals surface area contributed by atoms with Gasteiger partial charge in [-0.15, -0.1) is 0 Å². The molecule has 0 amide bonds. The van der Waals surface area contributed by atoms with Gasteiger partial charge < -0.3 is 4.74 Å². The highest BCUT2D eigenvalue weighted by Gasteiger charge is 2.19. The van der Waals surface area contributed by atoms with Gasteiger partial charge in [-0.2, -0.15) is 0 Å². The Balaban J connectivity index is 2.29. The zero-order valence-electron chi connectivity index (χ0n) is 15.3. The molecule has 0 heterocycles. The van der Waals surface area contributed by atoms with Gasteiger partial charge in [-0.1, -0.05) is 56.9 Å². The van der Waals surface area contributed by atoms with Gasteiger partial charge in [0.1, 0.15) is 0 Å². The topological polar surface area (TPSA) is 43.4 Å². The summed E-state index contributed by atoms with van der Waals surface area (Å²) >= 11 is 0. The number of ketones is 1. The summed E-state index contributed by atoms with van der Waals surface area (Å²) in [6.07, 6.45) is 20.5. The van der Waals surface area contributed by atoms with Crippen molar-refractivity contribution >= 4 is 11.8 Å². The summed E-state index contributed by atoms with van der Waals surface area (Å²) in [6, 6.07) is 0. The van der Waals surface area contributed by atoms with Gasteiger partial charge >= 0.3 is 5.97 Å². The van der Waals surface area contributed by atoms with Crippen molar-refractivity contribution in [2.45, 2.75) is 71.1 Å². The third-order valence-corrected chi connectivity index (χ3v) is 4.34. The van der Waals surface area contributed by atoms with E-state index >= 15 is 0 Å². The summed E-state index contributed by atoms with van der Waals surface area (Å²) in [6.45, 7) is 2.22. The first-order chi connectivity index (χ1) is 11.7. The lowest BCUT2D eigenvalue weighted by atomic mass is 9.98. The molecule has 0 saturated heterocycles. The van der Waals surface area contributed by atoms with Gasteiger partial charge in [-0.25, -0.2) is 0 Å². The summed E-state index contributed by atoms with van der Waals surface area (Å²) in [5.74, 6) is 0.150. The second-order valence-corrected chi connectivity index (χ2v) is 6.36. The van der Waals surface area contributed by atoms with E-state index in [0.29, 0.717) is 6.42 Å². The Morgan fingerprint density at radius 1 is 1.12 bits per heavy atom. The zero-order valence-corrected chi connectivity index (χ0v) is 15.3. The lowest BCUT2D eigenvalue weighted by Crippen LogP contribution is -2.01. The van der Waals surface area contributed by atoms with Crippen molar-refractivity contribution in [2.24, 2.45) is 5.92 Å². The molecule has 134 valence electrons. The van der Waals surface area contributed by atoms with Crippen LogP contribution in [-0.2, 0) is 14.3 Å². The third-order valence-electron chi connectivity index (χ3n) is 4.34. The SMILES string of the molecule is CCCCCCC=C[C@@H]1C=CC(=O)C1=CCCCCCC(=O)OC. The molecule has 0 bridgehead atoms. The highest BCUT2D eigenvalue weighted by atomic mass is 16.5. The molecule has 0 aromatic rings. The summed E-state index contributed by atoms with van der Waals surface area (Å²) in [7, 11) is 1.42. The molecule has 0 fully saturated rings. The molecule has 24 heavy (non-hydrogen) atoms. The van der Waals surface area contributed by atoms with Gasteiger partial charge in [-0.05, 0) is 38.2 Å². The summed E-state index contributed by atoms with van der Waals surface area (Å²) in [5.41, 5.74) is 0.910. The highest BCUT2D eigenvalue weighted by Crippen LogP contribution is 2.24. The van der Waals surface area contributed by atoms with Gasteiger partial charge in [0.15, 0.2) is 5.78 Å². The average molecular weight is 332 g/mol. The molecule has 3 nitrogen and oxygen atoms in total. The van der Waals surface area contributed by atoms with Gasteiger partial charge in [0.05, 0.1) is 7.11 Å². The number of carbonyl (C=O) groups is 2. The summed E-state index contributed by atoms with van der Waals surface area (Å²) in [5, 5.41) is 0. The maximum atomic E-state index is 12.0. The van der Waals surface area contributed by atoms with Crippen molar-refractivity contribution in [1.82, 2.24) is 0 Å². The van der Waals surface area contributed by atoms with E-state index in [4.69, 9.17) is 0 Å². The maximum Gasteiger partial charge on any atom is 0.305 e. The highest BCUT2D eigenvalue weighted by molar-refractivity contribution is 6.07. The molecule has 0 aromatic heterocycles. The number of carbonyl (C=O) groups excluding carboxylic acids is 2. The molecule has 1 rings (SSSR count). The first-order valence-electron chi connectivity index (χ1n) is 9.35. The van der Waals surface area contributed by atoms with Crippen LogP contribution < -0.4 is 0 Å². The van der Waals surface area contributed by atoms with E-state index in [1.165, 1.54) is 32.8 Å². The van der Waals surface area contributed by atoms with Crippen molar-refractivity contribution in [3.8, 4) is 0 Å². The van der Waals surface area contributed by atoms with E-state index < -0.39 is 0 Å². The molecule has 0 spiro atoms. The van der Waals surface area contributed by atoms with E-state index in [0.717, 1.165) is 37.7 Å². The van der Waals surface area contributed by atoms with Crippen LogP contribution in [0.2, 0.25) is 0 Å². The quantitative estimate of drug-likeness (QED) is 0.210. The monoisotopic (exact) mass is 332 g/mol. The fraction of sp³-hybridized carbons (Fsp3) is 0.619. The molecule has 0 aromatic carbocycles. The minimum absolute atomic E-state index is 0.144. The van der Waals surface area contributed by atoms with Crippen molar-refractivity contribution in [2.75, 3.05) is 7.11 Å². The molecule has 3 heteroatoms. The average Bonchev–Trinajstić information content (AvgIpc) is 2.94. The fourth-order valence-electron chi connectivity index (χ4n) is 2.84. The van der Waals surface area contributed by atoms with E-state index in [1.807, 2.05) is 6.08 Å². The van der Waals surface area contributed by atoms with E-state index in [-0.39, 0.29) is 17.7 Å². The zero-order chi connectivity index (χ0) is 17.6. The Kier molecular flexibility index (Phi) is 10.8. The van der Waals surface area contributed by atoms with Crippen LogP contribution in [0.4, 0.5) is 0 Å². The molecule has 1 aliphatic rings. The molecule has 0 radical (unpaired) electrons. The second-order valence-electron chi connectivity index (χ2n) is 6.36. The molecule has 1 aliphatic carbocycles. The van der Waals surface area contributed by atoms with Crippen LogP contribution in [0, 0.1) is 5.92 Å². The Morgan fingerprint density at radius 2 is 1.88 bits per heavy atom. The van der Waals surface area contributed by atoms with Crippen molar-refractivity contribution in [1.29, 1.82) is 0 Å². The largest absolute Gasteiger partial charge is 0.469 e. The van der Waals surface area contributed by atoms with Crippen LogP contribution in [0.5, 0.6) is 0 Å². The number of hydrogen-bond donors (Lipinski definition) is 0. The Morgan fingerprint density at radius 3 is 2.62 bits per heavy atom. The van der Waals surface area contributed by atoms with E-state index in [1.54, 1.807) is 6.08 Å². The van der Waals surface area contributed by atoms with E-state index in [2.05, 4.69) is 29.9 Å². The van der Waals surface area contributed by atoms with Crippen LogP contribution >= 0.6 is 0 Å². The minimum atomic E-state index is -0.146. The molecule has 0 saturated carbocycles. The maximum absolute atomic E-state index is 12.0.